The van der Waals surface area contributed by atoms with Crippen LogP contribution in [0.2, 0.25) is 0 Å². The molecule has 0 aliphatic carbocycles. The Morgan fingerprint density at radius 3 is 2.00 bits per heavy atom. The molecular formula is C13H15NO7. The third-order valence-electron chi connectivity index (χ3n) is 2.36. The Kier molecular flexibility index (Phi) is 7.16. The van der Waals surface area contributed by atoms with Crippen LogP contribution < -0.4 is 5.73 Å². The summed E-state index contributed by atoms with van der Waals surface area (Å²) in [5.74, 6) is -2.81. The average molecular weight is 297 g/mol. The zero-order valence-corrected chi connectivity index (χ0v) is 11.7. The van der Waals surface area contributed by atoms with E-state index < -0.39 is 17.8 Å². The lowest BCUT2D eigenvalue weighted by Gasteiger charge is -2.08. The number of amides is 1. The number of carbonyl (C=O) groups is 4. The molecule has 1 aromatic rings. The van der Waals surface area contributed by atoms with Gasteiger partial charge in [-0.2, -0.15) is 0 Å². The van der Waals surface area contributed by atoms with Crippen LogP contribution in [0.15, 0.2) is 12.1 Å². The Hall–Kier alpha value is -2.90. The second-order valence-corrected chi connectivity index (χ2v) is 3.71. The topological polar surface area (TPSA) is 133 Å². The van der Waals surface area contributed by atoms with Gasteiger partial charge in [0.15, 0.2) is 0 Å². The van der Waals surface area contributed by atoms with Crippen molar-refractivity contribution in [1.29, 1.82) is 0 Å². The van der Waals surface area contributed by atoms with Crippen molar-refractivity contribution in [3.05, 3.63) is 34.4 Å². The predicted octanol–water partition coefficient (Wildman–Crippen LogP) is 0.368. The standard InChI is InChI=1S/C11H11NO5.C2H4O2/c1-5-3-8(11(16)17-2)7(9(12)13)4-6(5)10(14)15;1-4-2-3/h3-4H,1-2H3,(H2,12,13)(H,14,15);2H,1H3. The van der Waals surface area contributed by atoms with Crippen LogP contribution in [-0.2, 0) is 14.3 Å². The summed E-state index contributed by atoms with van der Waals surface area (Å²) in [6.45, 7) is 1.89. The van der Waals surface area contributed by atoms with Crippen molar-refractivity contribution in [2.24, 2.45) is 5.73 Å². The molecule has 3 N–H and O–H groups in total. The van der Waals surface area contributed by atoms with Gasteiger partial charge in [-0.25, -0.2) is 9.59 Å². The lowest BCUT2D eigenvalue weighted by atomic mass is 9.98. The van der Waals surface area contributed by atoms with Gasteiger partial charge in [-0.3, -0.25) is 9.59 Å². The number of hydrogen-bond acceptors (Lipinski definition) is 6. The maximum Gasteiger partial charge on any atom is 0.338 e. The highest BCUT2D eigenvalue weighted by molar-refractivity contribution is 6.06. The van der Waals surface area contributed by atoms with E-state index in [9.17, 15) is 14.4 Å². The van der Waals surface area contributed by atoms with Crippen LogP contribution >= 0.6 is 0 Å². The van der Waals surface area contributed by atoms with Crippen LogP contribution in [-0.4, -0.2) is 43.6 Å². The first-order valence-corrected chi connectivity index (χ1v) is 5.52. The van der Waals surface area contributed by atoms with E-state index in [1.165, 1.54) is 20.1 Å². The van der Waals surface area contributed by atoms with Crippen molar-refractivity contribution in [3.8, 4) is 0 Å². The van der Waals surface area contributed by atoms with Crippen LogP contribution in [0.5, 0.6) is 0 Å². The minimum atomic E-state index is -1.19. The highest BCUT2D eigenvalue weighted by Crippen LogP contribution is 2.17. The molecule has 0 saturated heterocycles. The molecule has 0 heterocycles. The molecular weight excluding hydrogens is 282 g/mol. The van der Waals surface area contributed by atoms with Crippen LogP contribution in [0, 0.1) is 6.92 Å². The second kappa shape index (κ2) is 8.31. The molecule has 0 aromatic heterocycles. The first-order chi connectivity index (χ1) is 9.79. The molecule has 0 bridgehead atoms. The summed E-state index contributed by atoms with van der Waals surface area (Å²) in [5.41, 5.74) is 5.15. The van der Waals surface area contributed by atoms with E-state index in [1.54, 1.807) is 0 Å². The van der Waals surface area contributed by atoms with E-state index >= 15 is 0 Å². The highest BCUT2D eigenvalue weighted by atomic mass is 16.5. The van der Waals surface area contributed by atoms with E-state index in [0.717, 1.165) is 13.2 Å². The summed E-state index contributed by atoms with van der Waals surface area (Å²) >= 11 is 0. The number of hydrogen-bond donors (Lipinski definition) is 2. The average Bonchev–Trinajstić information content (AvgIpc) is 2.45. The molecule has 1 rings (SSSR count). The number of carboxylic acids is 1. The van der Waals surface area contributed by atoms with Gasteiger partial charge in [0.2, 0.25) is 5.91 Å². The molecule has 0 saturated carbocycles. The van der Waals surface area contributed by atoms with E-state index in [2.05, 4.69) is 9.47 Å². The smallest absolute Gasteiger partial charge is 0.338 e. The van der Waals surface area contributed by atoms with Crippen LogP contribution in [0.3, 0.4) is 0 Å². The summed E-state index contributed by atoms with van der Waals surface area (Å²) < 4.78 is 8.35. The van der Waals surface area contributed by atoms with Gasteiger partial charge < -0.3 is 20.3 Å². The predicted molar refractivity (Wildman–Crippen MR) is 71.1 cm³/mol. The van der Waals surface area contributed by atoms with Gasteiger partial charge in [-0.05, 0) is 24.6 Å². The fourth-order valence-corrected chi connectivity index (χ4v) is 1.42. The summed E-state index contributed by atoms with van der Waals surface area (Å²) in [6.07, 6.45) is 0. The van der Waals surface area contributed by atoms with Crippen molar-refractivity contribution < 1.29 is 33.8 Å². The van der Waals surface area contributed by atoms with Crippen molar-refractivity contribution in [1.82, 2.24) is 0 Å². The first-order valence-electron chi connectivity index (χ1n) is 5.52. The Bertz CT molecular complexity index is 566. The summed E-state index contributed by atoms with van der Waals surface area (Å²) in [5, 5.41) is 8.89. The Morgan fingerprint density at radius 1 is 1.14 bits per heavy atom. The number of esters is 1. The maximum atomic E-state index is 11.4. The second-order valence-electron chi connectivity index (χ2n) is 3.71. The molecule has 0 unspecified atom stereocenters. The fraction of sp³-hybridized carbons (Fsp3) is 0.231. The fourth-order valence-electron chi connectivity index (χ4n) is 1.42. The van der Waals surface area contributed by atoms with Gasteiger partial charge in [-0.15, -0.1) is 0 Å². The van der Waals surface area contributed by atoms with Crippen molar-refractivity contribution in [2.75, 3.05) is 14.2 Å². The molecule has 21 heavy (non-hydrogen) atoms. The van der Waals surface area contributed by atoms with Crippen molar-refractivity contribution in [3.63, 3.8) is 0 Å². The normalized spacial score (nSPS) is 8.90. The molecule has 8 nitrogen and oxygen atoms in total. The molecule has 1 aromatic carbocycles. The quantitative estimate of drug-likeness (QED) is 0.605. The number of nitrogens with two attached hydrogens (primary N) is 1. The SMILES string of the molecule is COC(=O)c1cc(C)c(C(=O)O)cc1C(N)=O.COC=O. The largest absolute Gasteiger partial charge is 0.478 e. The van der Waals surface area contributed by atoms with Gasteiger partial charge in [0, 0.05) is 0 Å². The lowest BCUT2D eigenvalue weighted by molar-refractivity contribution is -0.126. The molecule has 0 aliphatic rings. The monoisotopic (exact) mass is 297 g/mol. The number of aromatic carboxylic acids is 1. The van der Waals surface area contributed by atoms with Gasteiger partial charge in [0.05, 0.1) is 30.9 Å². The molecule has 114 valence electrons. The summed E-state index contributed by atoms with van der Waals surface area (Å²) in [6, 6.07) is 2.35. The third kappa shape index (κ3) is 4.94. The third-order valence-corrected chi connectivity index (χ3v) is 2.36. The number of benzene rings is 1. The molecule has 1 amide bonds. The Labute approximate surface area is 120 Å². The number of ether oxygens (including phenoxy) is 2. The van der Waals surface area contributed by atoms with E-state index in [0.29, 0.717) is 12.0 Å². The number of rotatable bonds is 4. The van der Waals surface area contributed by atoms with Crippen LogP contribution in [0.25, 0.3) is 0 Å². The van der Waals surface area contributed by atoms with E-state index in [-0.39, 0.29) is 16.7 Å². The Morgan fingerprint density at radius 2 is 1.67 bits per heavy atom. The van der Waals surface area contributed by atoms with Gasteiger partial charge in [0.1, 0.15) is 0 Å². The Balaban J connectivity index is 0.000000885. The highest BCUT2D eigenvalue weighted by Gasteiger charge is 2.20. The molecule has 0 aliphatic heterocycles. The number of carboxylic acid groups (broad SMARTS) is 1. The number of primary amides is 1. The first kappa shape index (κ1) is 18.1. The molecule has 0 radical (unpaired) electrons. The minimum Gasteiger partial charge on any atom is -0.478 e. The van der Waals surface area contributed by atoms with Crippen molar-refractivity contribution in [2.45, 2.75) is 6.92 Å². The maximum absolute atomic E-state index is 11.4. The summed E-state index contributed by atoms with van der Waals surface area (Å²) in [7, 11) is 2.47. The molecule has 0 atom stereocenters. The number of methoxy groups -OCH3 is 2. The van der Waals surface area contributed by atoms with Gasteiger partial charge in [0.25, 0.3) is 6.47 Å². The molecule has 0 fully saturated rings. The van der Waals surface area contributed by atoms with E-state index in [4.69, 9.17) is 15.6 Å². The zero-order valence-electron chi connectivity index (χ0n) is 11.7. The number of carbonyl (C=O) groups excluding carboxylic acids is 3. The zero-order chi connectivity index (χ0) is 16.6. The van der Waals surface area contributed by atoms with Gasteiger partial charge in [-0.1, -0.05) is 0 Å². The minimum absolute atomic E-state index is 0.0394. The molecule has 8 heteroatoms. The molecule has 0 spiro atoms. The van der Waals surface area contributed by atoms with Crippen LogP contribution in [0.4, 0.5) is 0 Å². The van der Waals surface area contributed by atoms with Crippen LogP contribution in [0.1, 0.15) is 36.6 Å². The lowest BCUT2D eigenvalue weighted by Crippen LogP contribution is -2.19. The van der Waals surface area contributed by atoms with Gasteiger partial charge >= 0.3 is 11.9 Å². The summed E-state index contributed by atoms with van der Waals surface area (Å²) in [4.78, 5) is 42.4. The van der Waals surface area contributed by atoms with Crippen molar-refractivity contribution >= 4 is 24.3 Å². The van der Waals surface area contributed by atoms with E-state index in [1.807, 2.05) is 0 Å². The number of aryl methyl sites for hydroxylation is 1.